The third-order valence-electron chi connectivity index (χ3n) is 2.40. The van der Waals surface area contributed by atoms with Crippen LogP contribution in [-0.2, 0) is 11.3 Å². The monoisotopic (exact) mass is 227 g/mol. The third kappa shape index (κ3) is 3.36. The number of carboxylic acids is 1. The van der Waals surface area contributed by atoms with Crippen LogP contribution >= 0.6 is 0 Å². The normalized spacial score (nSPS) is 15.0. The zero-order chi connectivity index (χ0) is 12.2. The number of nitrogens with zero attached hydrogens (tertiary/aromatic N) is 1. The van der Waals surface area contributed by atoms with E-state index in [1.54, 1.807) is 12.3 Å². The van der Waals surface area contributed by atoms with Gasteiger partial charge in [0.1, 0.15) is 5.76 Å². The first kappa shape index (κ1) is 12.7. The average Bonchev–Trinajstić information content (AvgIpc) is 2.68. The first-order valence-electron chi connectivity index (χ1n) is 5.16. The fraction of sp³-hybridized carbons (Fsp3) is 0.545. The molecule has 90 valence electrons. The highest BCUT2D eigenvalue weighted by Crippen LogP contribution is 2.11. The molecule has 0 saturated carbocycles. The molecule has 1 aromatic rings. The highest BCUT2D eigenvalue weighted by Gasteiger charge is 2.32. The Kier molecular flexibility index (Phi) is 4.09. The molecule has 0 bridgehead atoms. The number of aliphatic hydroxyl groups is 1. The fourth-order valence-corrected chi connectivity index (χ4v) is 1.41. The number of hydrogen-bond acceptors (Lipinski definition) is 4. The second-order valence-corrected chi connectivity index (χ2v) is 3.96. The van der Waals surface area contributed by atoms with Gasteiger partial charge in [0.2, 0.25) is 0 Å². The van der Waals surface area contributed by atoms with Gasteiger partial charge >= 0.3 is 5.97 Å². The van der Waals surface area contributed by atoms with Crippen molar-refractivity contribution in [2.75, 3.05) is 13.1 Å². The van der Waals surface area contributed by atoms with Crippen LogP contribution in [0.5, 0.6) is 0 Å². The van der Waals surface area contributed by atoms with Crippen LogP contribution in [0.25, 0.3) is 0 Å². The Balaban J connectivity index is 2.59. The second-order valence-electron chi connectivity index (χ2n) is 3.96. The van der Waals surface area contributed by atoms with Crippen molar-refractivity contribution in [3.05, 3.63) is 24.2 Å². The minimum Gasteiger partial charge on any atom is -0.479 e. The fourth-order valence-electron chi connectivity index (χ4n) is 1.41. The topological polar surface area (TPSA) is 73.9 Å². The summed E-state index contributed by atoms with van der Waals surface area (Å²) in [4.78, 5) is 12.6. The maximum Gasteiger partial charge on any atom is 0.336 e. The van der Waals surface area contributed by atoms with Gasteiger partial charge in [0, 0.05) is 6.54 Å². The minimum atomic E-state index is -1.73. The molecule has 1 rings (SSSR count). The Labute approximate surface area is 94.3 Å². The summed E-state index contributed by atoms with van der Waals surface area (Å²) in [5, 5.41) is 18.5. The van der Waals surface area contributed by atoms with E-state index in [1.165, 1.54) is 6.92 Å². The van der Waals surface area contributed by atoms with Crippen LogP contribution in [0, 0.1) is 0 Å². The van der Waals surface area contributed by atoms with E-state index in [-0.39, 0.29) is 6.54 Å². The van der Waals surface area contributed by atoms with E-state index in [1.807, 2.05) is 17.9 Å². The van der Waals surface area contributed by atoms with Gasteiger partial charge < -0.3 is 14.6 Å². The van der Waals surface area contributed by atoms with Crippen LogP contribution in [0.15, 0.2) is 22.8 Å². The smallest absolute Gasteiger partial charge is 0.336 e. The molecule has 0 aliphatic heterocycles. The van der Waals surface area contributed by atoms with Gasteiger partial charge in [0.25, 0.3) is 0 Å². The molecule has 1 atom stereocenters. The van der Waals surface area contributed by atoms with Crippen LogP contribution in [0.2, 0.25) is 0 Å². The van der Waals surface area contributed by atoms with Crippen molar-refractivity contribution in [3.63, 3.8) is 0 Å². The molecule has 0 aromatic carbocycles. The number of furan rings is 1. The van der Waals surface area contributed by atoms with Crippen LogP contribution in [0.4, 0.5) is 0 Å². The highest BCUT2D eigenvalue weighted by molar-refractivity contribution is 5.76. The summed E-state index contributed by atoms with van der Waals surface area (Å²) in [6.07, 6.45) is 1.57. The number of carbonyl (C=O) groups is 1. The first-order valence-corrected chi connectivity index (χ1v) is 5.16. The Hall–Kier alpha value is -1.33. The quantitative estimate of drug-likeness (QED) is 0.756. The van der Waals surface area contributed by atoms with Gasteiger partial charge in [0.15, 0.2) is 5.60 Å². The first-order chi connectivity index (χ1) is 7.45. The lowest BCUT2D eigenvalue weighted by molar-refractivity contribution is -0.158. The Morgan fingerprint density at radius 2 is 2.31 bits per heavy atom. The van der Waals surface area contributed by atoms with E-state index in [0.717, 1.165) is 5.76 Å². The summed E-state index contributed by atoms with van der Waals surface area (Å²) in [6, 6.07) is 3.59. The lowest BCUT2D eigenvalue weighted by Gasteiger charge is -2.26. The molecule has 1 heterocycles. The van der Waals surface area contributed by atoms with Crippen LogP contribution in [0.3, 0.4) is 0 Å². The SMILES string of the molecule is CCN(Cc1ccco1)CC(C)(O)C(=O)O. The molecule has 0 aliphatic carbocycles. The number of carboxylic acid groups (broad SMARTS) is 1. The van der Waals surface area contributed by atoms with Gasteiger partial charge in [-0.05, 0) is 25.6 Å². The second kappa shape index (κ2) is 5.14. The van der Waals surface area contributed by atoms with Gasteiger partial charge in [-0.15, -0.1) is 0 Å². The van der Waals surface area contributed by atoms with E-state index < -0.39 is 11.6 Å². The van der Waals surface area contributed by atoms with Crippen molar-refractivity contribution in [1.29, 1.82) is 0 Å². The molecule has 5 heteroatoms. The van der Waals surface area contributed by atoms with Crippen molar-refractivity contribution in [2.45, 2.75) is 26.0 Å². The molecule has 0 spiro atoms. The van der Waals surface area contributed by atoms with Crippen LogP contribution < -0.4 is 0 Å². The predicted octanol–water partition coefficient (Wildman–Crippen LogP) is 0.937. The minimum absolute atomic E-state index is 0.0690. The molecule has 0 aliphatic rings. The van der Waals surface area contributed by atoms with E-state index >= 15 is 0 Å². The van der Waals surface area contributed by atoms with E-state index in [2.05, 4.69) is 0 Å². The molecule has 0 radical (unpaired) electrons. The summed E-state index contributed by atoms with van der Waals surface area (Å²) in [6.45, 7) is 4.40. The molecule has 5 nitrogen and oxygen atoms in total. The lowest BCUT2D eigenvalue weighted by Crippen LogP contribution is -2.46. The van der Waals surface area contributed by atoms with Crippen molar-refractivity contribution < 1.29 is 19.4 Å². The van der Waals surface area contributed by atoms with Crippen molar-refractivity contribution in [3.8, 4) is 0 Å². The number of hydrogen-bond donors (Lipinski definition) is 2. The Morgan fingerprint density at radius 3 is 2.75 bits per heavy atom. The molecule has 0 saturated heterocycles. The van der Waals surface area contributed by atoms with E-state index in [0.29, 0.717) is 13.1 Å². The number of likely N-dealkylation sites (N-methyl/N-ethyl adjacent to an activating group) is 1. The molecule has 2 N–H and O–H groups in total. The maximum atomic E-state index is 10.8. The standard InChI is InChI=1S/C11H17NO4/c1-3-12(7-9-5-4-6-16-9)8-11(2,15)10(13)14/h4-6,15H,3,7-8H2,1-2H3,(H,13,14). The largest absolute Gasteiger partial charge is 0.479 e. The molecule has 0 fully saturated rings. The molecule has 0 amide bonds. The van der Waals surface area contributed by atoms with Crippen molar-refractivity contribution >= 4 is 5.97 Å². The number of aliphatic carboxylic acids is 1. The van der Waals surface area contributed by atoms with Gasteiger partial charge in [0.05, 0.1) is 12.8 Å². The molecular formula is C11H17NO4. The van der Waals surface area contributed by atoms with Crippen LogP contribution in [0.1, 0.15) is 19.6 Å². The predicted molar refractivity (Wildman–Crippen MR) is 57.9 cm³/mol. The number of rotatable bonds is 6. The van der Waals surface area contributed by atoms with Crippen molar-refractivity contribution in [1.82, 2.24) is 4.90 Å². The van der Waals surface area contributed by atoms with Gasteiger partial charge in [-0.2, -0.15) is 0 Å². The third-order valence-corrected chi connectivity index (χ3v) is 2.40. The van der Waals surface area contributed by atoms with Crippen molar-refractivity contribution in [2.24, 2.45) is 0 Å². The summed E-state index contributed by atoms with van der Waals surface area (Å²) < 4.78 is 5.17. The molecule has 1 unspecified atom stereocenters. The zero-order valence-corrected chi connectivity index (χ0v) is 9.51. The van der Waals surface area contributed by atoms with Gasteiger partial charge in [-0.25, -0.2) is 4.79 Å². The molecule has 16 heavy (non-hydrogen) atoms. The van der Waals surface area contributed by atoms with E-state index in [9.17, 15) is 9.90 Å². The average molecular weight is 227 g/mol. The zero-order valence-electron chi connectivity index (χ0n) is 9.51. The maximum absolute atomic E-state index is 10.8. The lowest BCUT2D eigenvalue weighted by atomic mass is 10.1. The highest BCUT2D eigenvalue weighted by atomic mass is 16.4. The summed E-state index contributed by atoms with van der Waals surface area (Å²) in [7, 11) is 0. The molecular weight excluding hydrogens is 210 g/mol. The van der Waals surface area contributed by atoms with E-state index in [4.69, 9.17) is 9.52 Å². The summed E-state index contributed by atoms with van der Waals surface area (Å²) in [5.41, 5.74) is -1.73. The summed E-state index contributed by atoms with van der Waals surface area (Å²) >= 11 is 0. The van der Waals surface area contributed by atoms with Gasteiger partial charge in [-0.3, -0.25) is 4.90 Å². The Bertz CT molecular complexity index is 332. The van der Waals surface area contributed by atoms with Gasteiger partial charge in [-0.1, -0.05) is 6.92 Å². The summed E-state index contributed by atoms with van der Waals surface area (Å²) in [5.74, 6) is -0.464. The molecule has 1 aromatic heterocycles. The Morgan fingerprint density at radius 1 is 1.62 bits per heavy atom. The van der Waals surface area contributed by atoms with Crippen LogP contribution in [-0.4, -0.2) is 39.8 Å².